The van der Waals surface area contributed by atoms with Gasteiger partial charge in [-0.05, 0) is 63.7 Å². The Bertz CT molecular complexity index is 629. The number of amides is 2. The van der Waals surface area contributed by atoms with Crippen LogP contribution in [0.4, 0.5) is 14.9 Å². The number of benzene rings is 1. The Kier molecular flexibility index (Phi) is 4.79. The summed E-state index contributed by atoms with van der Waals surface area (Å²) in [5, 5.41) is 2.82. The van der Waals surface area contributed by atoms with Gasteiger partial charge in [0.1, 0.15) is 0 Å². The summed E-state index contributed by atoms with van der Waals surface area (Å²) in [6.45, 7) is 3.82. The molecule has 0 unspecified atom stereocenters. The Balaban J connectivity index is 1.32. The lowest BCUT2D eigenvalue weighted by atomic mass is 9.96. The number of likely N-dealkylation sites (tertiary alicyclic amines) is 2. The van der Waals surface area contributed by atoms with E-state index in [9.17, 15) is 9.18 Å². The summed E-state index contributed by atoms with van der Waals surface area (Å²) in [6.07, 6.45) is 6.82. The van der Waals surface area contributed by atoms with Crippen LogP contribution < -0.4 is 10.1 Å². The van der Waals surface area contributed by atoms with Crippen molar-refractivity contribution in [3.63, 3.8) is 0 Å². The van der Waals surface area contributed by atoms with Gasteiger partial charge < -0.3 is 15.0 Å². The highest BCUT2D eigenvalue weighted by atomic mass is 19.1. The normalized spacial score (nSPS) is 24.4. The van der Waals surface area contributed by atoms with Crippen LogP contribution >= 0.6 is 0 Å². The quantitative estimate of drug-likeness (QED) is 0.907. The predicted molar refractivity (Wildman–Crippen MR) is 94.5 cm³/mol. The summed E-state index contributed by atoms with van der Waals surface area (Å²) < 4.78 is 19.8. The molecule has 1 aliphatic carbocycles. The first-order valence-corrected chi connectivity index (χ1v) is 9.45. The molecule has 3 fully saturated rings. The van der Waals surface area contributed by atoms with E-state index < -0.39 is 5.82 Å². The number of hydrogen-bond donors (Lipinski definition) is 1. The molecule has 2 heterocycles. The average molecular weight is 347 g/mol. The van der Waals surface area contributed by atoms with Gasteiger partial charge in [-0.15, -0.1) is 0 Å². The molecule has 1 aromatic carbocycles. The Labute approximate surface area is 148 Å². The van der Waals surface area contributed by atoms with Crippen molar-refractivity contribution in [3.8, 4) is 5.75 Å². The Morgan fingerprint density at radius 1 is 1.12 bits per heavy atom. The van der Waals surface area contributed by atoms with Crippen LogP contribution in [0.3, 0.4) is 0 Å². The number of carbonyl (C=O) groups is 1. The van der Waals surface area contributed by atoms with Gasteiger partial charge in [-0.1, -0.05) is 0 Å². The monoisotopic (exact) mass is 347 g/mol. The number of nitrogens with one attached hydrogen (secondary N) is 1. The number of ether oxygens (including phenoxy) is 1. The molecule has 25 heavy (non-hydrogen) atoms. The van der Waals surface area contributed by atoms with Crippen molar-refractivity contribution in [1.82, 2.24) is 9.80 Å². The minimum Gasteiger partial charge on any atom is -0.487 e. The Morgan fingerprint density at radius 2 is 1.92 bits per heavy atom. The van der Waals surface area contributed by atoms with Crippen molar-refractivity contribution in [3.05, 3.63) is 24.0 Å². The largest absolute Gasteiger partial charge is 0.487 e. The van der Waals surface area contributed by atoms with E-state index in [0.717, 1.165) is 51.9 Å². The van der Waals surface area contributed by atoms with E-state index in [4.69, 9.17) is 4.74 Å². The van der Waals surface area contributed by atoms with E-state index in [0.29, 0.717) is 11.7 Å². The molecule has 0 radical (unpaired) electrons. The minimum absolute atomic E-state index is 0.141. The van der Waals surface area contributed by atoms with Crippen LogP contribution in [0, 0.1) is 5.82 Å². The van der Waals surface area contributed by atoms with E-state index in [2.05, 4.69) is 10.2 Å². The smallest absolute Gasteiger partial charge is 0.321 e. The molecule has 1 aromatic rings. The maximum Gasteiger partial charge on any atom is 0.321 e. The van der Waals surface area contributed by atoms with Gasteiger partial charge in [0.25, 0.3) is 0 Å². The van der Waals surface area contributed by atoms with Gasteiger partial charge in [-0.2, -0.15) is 0 Å². The van der Waals surface area contributed by atoms with E-state index >= 15 is 0 Å². The first-order valence-electron chi connectivity index (χ1n) is 9.45. The zero-order valence-electron chi connectivity index (χ0n) is 14.5. The maximum atomic E-state index is 14.2. The highest BCUT2D eigenvalue weighted by molar-refractivity contribution is 5.89. The molecular formula is C19H26FN3O2. The highest BCUT2D eigenvalue weighted by Gasteiger charge is 2.31. The van der Waals surface area contributed by atoms with Crippen molar-refractivity contribution in [2.45, 2.75) is 50.7 Å². The lowest BCUT2D eigenvalue weighted by molar-refractivity contribution is 0.115. The Hall–Kier alpha value is -1.82. The summed E-state index contributed by atoms with van der Waals surface area (Å²) in [4.78, 5) is 16.8. The molecule has 0 spiro atoms. The molecule has 1 saturated carbocycles. The van der Waals surface area contributed by atoms with Crippen LogP contribution in [0.25, 0.3) is 0 Å². The summed E-state index contributed by atoms with van der Waals surface area (Å²) >= 11 is 0. The molecule has 5 nitrogen and oxygen atoms in total. The molecule has 6 heteroatoms. The zero-order valence-corrected chi connectivity index (χ0v) is 14.5. The topological polar surface area (TPSA) is 44.8 Å². The molecule has 0 bridgehead atoms. The lowest BCUT2D eigenvalue weighted by Crippen LogP contribution is -2.38. The Morgan fingerprint density at radius 3 is 2.60 bits per heavy atom. The third-order valence-corrected chi connectivity index (χ3v) is 5.64. The van der Waals surface area contributed by atoms with Crippen molar-refractivity contribution in [2.75, 3.05) is 31.5 Å². The van der Waals surface area contributed by atoms with Crippen molar-refractivity contribution in [2.24, 2.45) is 0 Å². The SMILES string of the molecule is O=C(Nc1ccc(OC2CCC2)c(F)c1)N1CC[C@H](N2CCCC2)C1. The van der Waals surface area contributed by atoms with Crippen LogP contribution in [-0.4, -0.2) is 54.2 Å². The second kappa shape index (κ2) is 7.20. The number of halogens is 1. The summed E-state index contributed by atoms with van der Waals surface area (Å²) in [6, 6.07) is 5.00. The third kappa shape index (κ3) is 3.73. The van der Waals surface area contributed by atoms with Gasteiger partial charge >= 0.3 is 6.03 Å². The van der Waals surface area contributed by atoms with Crippen LogP contribution in [0.1, 0.15) is 38.5 Å². The van der Waals surface area contributed by atoms with Gasteiger partial charge in [0, 0.05) is 30.9 Å². The first-order chi connectivity index (χ1) is 12.2. The van der Waals surface area contributed by atoms with Crippen molar-refractivity contribution in [1.29, 1.82) is 0 Å². The number of rotatable bonds is 4. The average Bonchev–Trinajstić information content (AvgIpc) is 3.23. The molecule has 2 aliphatic heterocycles. The van der Waals surface area contributed by atoms with E-state index in [1.165, 1.54) is 18.9 Å². The minimum atomic E-state index is -0.416. The van der Waals surface area contributed by atoms with E-state index in [-0.39, 0.29) is 17.9 Å². The number of urea groups is 1. The highest BCUT2D eigenvalue weighted by Crippen LogP contribution is 2.29. The van der Waals surface area contributed by atoms with Crippen molar-refractivity contribution < 1.29 is 13.9 Å². The molecule has 0 aromatic heterocycles. The molecule has 3 aliphatic rings. The molecule has 1 N–H and O–H groups in total. The number of hydrogen-bond acceptors (Lipinski definition) is 3. The van der Waals surface area contributed by atoms with Crippen LogP contribution in [0.2, 0.25) is 0 Å². The third-order valence-electron chi connectivity index (χ3n) is 5.64. The summed E-state index contributed by atoms with van der Waals surface area (Å²) in [7, 11) is 0. The number of nitrogens with zero attached hydrogens (tertiary/aromatic N) is 2. The standard InChI is InChI=1S/C19H26FN3O2/c20-17-12-14(6-7-18(17)25-16-4-3-5-16)21-19(24)23-11-8-15(13-23)22-9-1-2-10-22/h6-7,12,15-16H,1-5,8-11,13H2,(H,21,24)/t15-/m0/s1. The molecule has 4 rings (SSSR count). The van der Waals surface area contributed by atoms with Crippen LogP contribution in [0.15, 0.2) is 18.2 Å². The van der Waals surface area contributed by atoms with Gasteiger partial charge in [0.15, 0.2) is 11.6 Å². The predicted octanol–water partition coefficient (Wildman–Crippen LogP) is 3.46. The van der Waals surface area contributed by atoms with Crippen LogP contribution in [-0.2, 0) is 0 Å². The second-order valence-electron chi connectivity index (χ2n) is 7.38. The zero-order chi connectivity index (χ0) is 17.2. The van der Waals surface area contributed by atoms with E-state index in [1.54, 1.807) is 12.1 Å². The van der Waals surface area contributed by atoms with Gasteiger partial charge in [-0.25, -0.2) is 9.18 Å². The summed E-state index contributed by atoms with van der Waals surface area (Å²) in [5.74, 6) is -0.140. The van der Waals surface area contributed by atoms with E-state index in [1.807, 2.05) is 4.90 Å². The van der Waals surface area contributed by atoms with Gasteiger partial charge in [-0.3, -0.25) is 4.90 Å². The van der Waals surface area contributed by atoms with Gasteiger partial charge in [0.2, 0.25) is 0 Å². The van der Waals surface area contributed by atoms with Gasteiger partial charge in [0.05, 0.1) is 6.10 Å². The summed E-state index contributed by atoms with van der Waals surface area (Å²) in [5.41, 5.74) is 0.480. The van der Waals surface area contributed by atoms with Crippen molar-refractivity contribution >= 4 is 11.7 Å². The maximum absolute atomic E-state index is 14.2. The fourth-order valence-corrected chi connectivity index (χ4v) is 3.88. The second-order valence-corrected chi connectivity index (χ2v) is 7.38. The molecule has 1 atom stereocenters. The number of anilines is 1. The van der Waals surface area contributed by atoms with Crippen LogP contribution in [0.5, 0.6) is 5.75 Å². The molecule has 136 valence electrons. The lowest BCUT2D eigenvalue weighted by Gasteiger charge is -2.26. The fraction of sp³-hybridized carbons (Fsp3) is 0.632. The molecule has 2 saturated heterocycles. The molecule has 2 amide bonds. The fourth-order valence-electron chi connectivity index (χ4n) is 3.88. The number of carbonyl (C=O) groups excluding carboxylic acids is 1. The molecular weight excluding hydrogens is 321 g/mol. The first kappa shape index (κ1) is 16.6.